The molecule has 0 spiro atoms. The van der Waals surface area contributed by atoms with Crippen molar-refractivity contribution in [2.45, 2.75) is 12.5 Å². The molecular weight excluding hydrogens is 274 g/mol. The quantitative estimate of drug-likeness (QED) is 0.810. The first kappa shape index (κ1) is 13.1. The molecule has 0 bridgehead atoms. The van der Waals surface area contributed by atoms with E-state index < -0.39 is 0 Å². The van der Waals surface area contributed by atoms with Crippen LogP contribution in [0, 0.1) is 0 Å². The molecular formula is C18H17N3O. The van der Waals surface area contributed by atoms with Crippen LogP contribution in [0.2, 0.25) is 0 Å². The molecule has 110 valence electrons. The second kappa shape index (κ2) is 5.30. The zero-order chi connectivity index (χ0) is 14.9. The lowest BCUT2D eigenvalue weighted by atomic mass is 9.93. The number of hydrogen-bond donors (Lipinski definition) is 0. The fourth-order valence-electron chi connectivity index (χ4n) is 3.08. The maximum atomic E-state index is 6.01. The van der Waals surface area contributed by atoms with Gasteiger partial charge in [0.25, 0.3) is 0 Å². The average molecular weight is 291 g/mol. The second-order valence-corrected chi connectivity index (χ2v) is 5.45. The Bertz CT molecular complexity index is 752. The van der Waals surface area contributed by atoms with Gasteiger partial charge in [-0.05, 0) is 29.7 Å². The first-order chi connectivity index (χ1) is 10.9. The van der Waals surface area contributed by atoms with Crippen molar-refractivity contribution in [3.63, 3.8) is 0 Å². The highest BCUT2D eigenvalue weighted by Crippen LogP contribution is 2.34. The van der Waals surface area contributed by atoms with Crippen molar-refractivity contribution in [3.05, 3.63) is 71.3 Å². The Morgan fingerprint density at radius 1 is 1.09 bits per heavy atom. The molecule has 4 rings (SSSR count). The highest BCUT2D eigenvalue weighted by Gasteiger charge is 2.36. The molecule has 1 unspecified atom stereocenters. The number of rotatable bonds is 1. The van der Waals surface area contributed by atoms with Crippen LogP contribution in [0.25, 0.3) is 0 Å². The lowest BCUT2D eigenvalue weighted by Crippen LogP contribution is -2.42. The van der Waals surface area contributed by atoms with Gasteiger partial charge in [0, 0.05) is 19.2 Å². The molecule has 2 aromatic carbocycles. The topological polar surface area (TPSA) is 37.2 Å². The van der Waals surface area contributed by atoms with Crippen LogP contribution in [0.5, 0.6) is 0 Å². The zero-order valence-electron chi connectivity index (χ0n) is 12.4. The molecule has 2 aliphatic heterocycles. The maximum absolute atomic E-state index is 6.01. The number of hydrazone groups is 1. The molecule has 22 heavy (non-hydrogen) atoms. The summed E-state index contributed by atoms with van der Waals surface area (Å²) in [6.07, 6.45) is 0.995. The van der Waals surface area contributed by atoms with Crippen LogP contribution in [-0.2, 0) is 11.2 Å². The Balaban J connectivity index is 1.79. The van der Waals surface area contributed by atoms with Gasteiger partial charge in [-0.25, -0.2) is 0 Å². The minimum atomic E-state index is -0.0117. The number of benzene rings is 2. The molecule has 0 N–H and O–H groups in total. The van der Waals surface area contributed by atoms with Crippen molar-refractivity contribution in [2.75, 3.05) is 13.6 Å². The summed E-state index contributed by atoms with van der Waals surface area (Å²) in [6.45, 7) is 0.875. The summed E-state index contributed by atoms with van der Waals surface area (Å²) in [5, 5.41) is 6.81. The van der Waals surface area contributed by atoms with Gasteiger partial charge in [0.15, 0.2) is 0 Å². The predicted molar refractivity (Wildman–Crippen MR) is 87.0 cm³/mol. The molecule has 2 aliphatic rings. The first-order valence-electron chi connectivity index (χ1n) is 7.50. The van der Waals surface area contributed by atoms with E-state index in [2.05, 4.69) is 34.3 Å². The number of ether oxygens (including phenoxy) is 1. The van der Waals surface area contributed by atoms with E-state index in [1.165, 1.54) is 11.1 Å². The minimum absolute atomic E-state index is 0.0117. The second-order valence-electron chi connectivity index (χ2n) is 5.45. The van der Waals surface area contributed by atoms with Crippen molar-refractivity contribution in [3.8, 4) is 0 Å². The molecule has 2 aromatic rings. The van der Waals surface area contributed by atoms with Gasteiger partial charge >= 0.3 is 0 Å². The van der Waals surface area contributed by atoms with Gasteiger partial charge in [-0.2, -0.15) is 0 Å². The summed E-state index contributed by atoms with van der Waals surface area (Å²) in [7, 11) is 1.78. The van der Waals surface area contributed by atoms with E-state index in [-0.39, 0.29) is 6.04 Å². The van der Waals surface area contributed by atoms with E-state index in [4.69, 9.17) is 9.84 Å². The first-order valence-corrected chi connectivity index (χ1v) is 7.50. The zero-order valence-corrected chi connectivity index (χ0v) is 12.4. The fraction of sp³-hybridized carbons (Fsp3) is 0.222. The maximum Gasteiger partial charge on any atom is 0.245 e. The summed E-state index contributed by atoms with van der Waals surface area (Å²) in [5.41, 5.74) is 3.57. The fourth-order valence-corrected chi connectivity index (χ4v) is 3.08. The van der Waals surface area contributed by atoms with E-state index in [0.717, 1.165) is 18.5 Å². The van der Waals surface area contributed by atoms with Crippen molar-refractivity contribution in [1.82, 2.24) is 5.01 Å². The van der Waals surface area contributed by atoms with Crippen LogP contribution in [0.1, 0.15) is 22.7 Å². The summed E-state index contributed by atoms with van der Waals surface area (Å²) in [5.74, 6) is 1.33. The number of fused-ring (bicyclic) bond motifs is 3. The summed E-state index contributed by atoms with van der Waals surface area (Å²) >= 11 is 0. The van der Waals surface area contributed by atoms with Crippen LogP contribution in [-0.4, -0.2) is 30.4 Å². The molecule has 0 aliphatic carbocycles. The normalized spacial score (nSPS) is 21.7. The van der Waals surface area contributed by atoms with Gasteiger partial charge in [-0.1, -0.05) is 42.5 Å². The Labute approximate surface area is 129 Å². The number of hydrogen-bond acceptors (Lipinski definition) is 4. The molecule has 4 nitrogen and oxygen atoms in total. The minimum Gasteiger partial charge on any atom is -0.420 e. The smallest absolute Gasteiger partial charge is 0.245 e. The molecule has 0 saturated heterocycles. The molecule has 0 saturated carbocycles. The molecule has 2 heterocycles. The predicted octanol–water partition coefficient (Wildman–Crippen LogP) is 3.01. The van der Waals surface area contributed by atoms with Gasteiger partial charge in [-0.15, -0.1) is 5.10 Å². The Hall–Kier alpha value is -2.62. The van der Waals surface area contributed by atoms with Crippen LogP contribution in [0.3, 0.4) is 0 Å². The molecule has 1 atom stereocenters. The van der Waals surface area contributed by atoms with Gasteiger partial charge in [0.1, 0.15) is 6.04 Å². The molecule has 4 heteroatoms. The standard InChI is InChI=1S/C18H17N3O/c1-19-18-16-15-10-6-5-7-13(15)11-12-21(16)20-17(22-18)14-8-3-2-4-9-14/h2-10,16H,11-12H2,1H3. The van der Waals surface area contributed by atoms with Gasteiger partial charge < -0.3 is 4.74 Å². The summed E-state index contributed by atoms with van der Waals surface area (Å²) < 4.78 is 6.01. The third-order valence-corrected chi connectivity index (χ3v) is 4.15. The molecule has 0 amide bonds. The van der Waals surface area contributed by atoms with E-state index in [1.54, 1.807) is 7.05 Å². The highest BCUT2D eigenvalue weighted by atomic mass is 16.5. The third-order valence-electron chi connectivity index (χ3n) is 4.15. The molecule has 0 aromatic heterocycles. The Morgan fingerprint density at radius 2 is 1.86 bits per heavy atom. The van der Waals surface area contributed by atoms with Crippen molar-refractivity contribution >= 4 is 11.8 Å². The van der Waals surface area contributed by atoms with Crippen LogP contribution in [0.15, 0.2) is 64.7 Å². The SMILES string of the molecule is CN=C1OC(c2ccccc2)=NN2CCc3ccccc3C12. The van der Waals surface area contributed by atoms with E-state index in [9.17, 15) is 0 Å². The van der Waals surface area contributed by atoms with Crippen molar-refractivity contribution < 1.29 is 4.74 Å². The third kappa shape index (κ3) is 2.08. The number of nitrogens with zero attached hydrogens (tertiary/aromatic N) is 3. The van der Waals surface area contributed by atoms with E-state index in [1.807, 2.05) is 30.3 Å². The van der Waals surface area contributed by atoms with Crippen LogP contribution in [0.4, 0.5) is 0 Å². The van der Waals surface area contributed by atoms with Crippen molar-refractivity contribution in [2.24, 2.45) is 10.1 Å². The van der Waals surface area contributed by atoms with E-state index in [0.29, 0.717) is 11.8 Å². The van der Waals surface area contributed by atoms with Gasteiger partial charge in [0.2, 0.25) is 11.8 Å². The molecule has 0 fully saturated rings. The van der Waals surface area contributed by atoms with Gasteiger partial charge in [0.05, 0.1) is 0 Å². The molecule has 0 radical (unpaired) electrons. The lowest BCUT2D eigenvalue weighted by Gasteiger charge is -2.38. The van der Waals surface area contributed by atoms with Crippen LogP contribution < -0.4 is 0 Å². The van der Waals surface area contributed by atoms with Crippen molar-refractivity contribution in [1.29, 1.82) is 0 Å². The average Bonchev–Trinajstić information content (AvgIpc) is 2.61. The van der Waals surface area contributed by atoms with Gasteiger partial charge in [-0.3, -0.25) is 10.0 Å². The highest BCUT2D eigenvalue weighted by molar-refractivity contribution is 6.04. The summed E-state index contributed by atoms with van der Waals surface area (Å²) in [6, 6.07) is 18.4. The monoisotopic (exact) mass is 291 g/mol. The number of aliphatic imine (C=N–C) groups is 1. The summed E-state index contributed by atoms with van der Waals surface area (Å²) in [4.78, 5) is 4.38. The van der Waals surface area contributed by atoms with Crippen LogP contribution >= 0.6 is 0 Å². The van der Waals surface area contributed by atoms with E-state index >= 15 is 0 Å². The largest absolute Gasteiger partial charge is 0.420 e. The Kier molecular flexibility index (Phi) is 3.15. The lowest BCUT2D eigenvalue weighted by molar-refractivity contribution is 0.199. The Morgan fingerprint density at radius 3 is 2.68 bits per heavy atom.